The van der Waals surface area contributed by atoms with Crippen molar-refractivity contribution in [2.75, 3.05) is 115 Å². The molecule has 0 spiro atoms. The minimum absolute atomic E-state index is 0.0754. The summed E-state index contributed by atoms with van der Waals surface area (Å²) in [5.41, 5.74) is 3.01. The Morgan fingerprint density at radius 2 is 1.33 bits per heavy atom. The van der Waals surface area contributed by atoms with Gasteiger partial charge in [-0.3, -0.25) is 48.6 Å². The van der Waals surface area contributed by atoms with Gasteiger partial charge in [0.2, 0.25) is 5.91 Å². The van der Waals surface area contributed by atoms with Crippen LogP contribution in [0.25, 0.3) is 10.8 Å². The number of carbonyl (C=O) groups is 4. The van der Waals surface area contributed by atoms with Crippen LogP contribution in [0.3, 0.4) is 0 Å². The average Bonchev–Trinajstić information content (AvgIpc) is 3.61. The predicted octanol–water partition coefficient (Wildman–Crippen LogP) is 5.86. The number of rotatable bonds is 27. The number of aliphatic hydroxyl groups excluding tert-OH is 1. The van der Waals surface area contributed by atoms with Crippen LogP contribution < -0.4 is 19.9 Å². The lowest BCUT2D eigenvalue weighted by Crippen LogP contribution is -2.60. The first-order valence-corrected chi connectivity index (χ1v) is 30.7. The number of anilines is 2. The lowest BCUT2D eigenvalue weighted by molar-refractivity contribution is -0.143. The molecule has 3 fully saturated rings. The zero-order chi connectivity index (χ0) is 59.6. The second-order valence-corrected chi connectivity index (χ2v) is 23.4. The van der Waals surface area contributed by atoms with Gasteiger partial charge in [0.05, 0.1) is 55.9 Å². The Bertz CT molecular complexity index is 2660. The first kappa shape index (κ1) is 64.9. The average molecular weight is 1170 g/mol. The van der Waals surface area contributed by atoms with E-state index < -0.39 is 24.1 Å². The number of likely N-dealkylation sites (tertiary alicyclic amines) is 1. The number of aliphatic carboxylic acids is 3. The maximum Gasteiger partial charge on any atom is 0.318 e. The van der Waals surface area contributed by atoms with Crippen LogP contribution in [0.1, 0.15) is 110 Å². The van der Waals surface area contributed by atoms with Crippen molar-refractivity contribution in [1.29, 1.82) is 5.26 Å². The van der Waals surface area contributed by atoms with Crippen molar-refractivity contribution >= 4 is 57.7 Å². The van der Waals surface area contributed by atoms with Crippen LogP contribution in [0, 0.1) is 11.3 Å². The van der Waals surface area contributed by atoms with E-state index in [9.17, 15) is 44.9 Å². The number of nitrogens with one attached hydrogen (secondary N) is 1. The Morgan fingerprint density at radius 1 is 0.735 bits per heavy atom. The number of carboxylic acids is 3. The largest absolute Gasteiger partial charge is 0.480 e. The number of fused-ring (bicyclic) bond motifs is 2. The summed E-state index contributed by atoms with van der Waals surface area (Å²) in [5, 5.41) is 56.7. The number of ether oxygens (including phenoxy) is 1. The summed E-state index contributed by atoms with van der Waals surface area (Å²) in [5.74, 6) is -2.28. The van der Waals surface area contributed by atoms with Crippen molar-refractivity contribution in [3.05, 3.63) is 65.3 Å². The molecule has 1 aromatic heterocycles. The van der Waals surface area contributed by atoms with E-state index in [1.54, 1.807) is 0 Å². The maximum atomic E-state index is 13.9. The number of hydrogen-bond donors (Lipinski definition) is 5. The third-order valence-electron chi connectivity index (χ3n) is 17.6. The number of hydrogen-bond acceptors (Lipinski definition) is 17. The van der Waals surface area contributed by atoms with Crippen LogP contribution in [0.4, 0.5) is 11.5 Å². The van der Waals surface area contributed by atoms with Crippen LogP contribution in [0.15, 0.2) is 49.1 Å². The van der Waals surface area contributed by atoms with Gasteiger partial charge >= 0.3 is 23.9 Å². The number of carbonyl (C=O) groups excluding carboxylic acids is 1. The molecule has 3 aromatic rings. The summed E-state index contributed by atoms with van der Waals surface area (Å²) in [4.78, 5) is 77.8. The van der Waals surface area contributed by atoms with Crippen molar-refractivity contribution in [2.24, 2.45) is 0 Å². The molecule has 5 N–H and O–H groups in total. The third kappa shape index (κ3) is 17.7. The van der Waals surface area contributed by atoms with E-state index in [1.807, 2.05) is 59.4 Å². The van der Waals surface area contributed by atoms with Gasteiger partial charge in [0.1, 0.15) is 18.7 Å². The van der Waals surface area contributed by atoms with Gasteiger partial charge in [-0.2, -0.15) is 15.2 Å². The smallest absolute Gasteiger partial charge is 0.318 e. The molecular formula is C61H91ClN12O9. The minimum atomic E-state index is -0.997. The monoisotopic (exact) mass is 1170 g/mol. The topological polar surface area (TPSA) is 246 Å². The van der Waals surface area contributed by atoms with Crippen molar-refractivity contribution in [2.45, 2.75) is 154 Å². The summed E-state index contributed by atoms with van der Waals surface area (Å²) in [6.45, 7) is 18.3. The number of carboxylic acid groups (broad SMARTS) is 3. The molecule has 2 aromatic carbocycles. The van der Waals surface area contributed by atoms with Gasteiger partial charge in [-0.15, -0.1) is 0 Å². The van der Waals surface area contributed by atoms with Gasteiger partial charge in [-0.1, -0.05) is 83.0 Å². The SMILES string of the molecule is C=CC(O)N1CCN(c2nc(OC[C@@H]3CCCN3CCCCCCNC(=O)CN3C[C@H](CC)N(CC(=O)O)CC(CC)N(CC(=O)O)C[C@H](CC)N(CC(=O)O)C[C@@H]3CC)nc3c2CCN(c2cccc4cccc(Cl)c24)C3)C[C@@H]1CC#N. The van der Waals surface area contributed by atoms with Crippen LogP contribution in [0.5, 0.6) is 6.01 Å². The van der Waals surface area contributed by atoms with Gasteiger partial charge < -0.3 is 40.3 Å². The number of aliphatic hydroxyl groups is 1. The molecule has 0 bridgehead atoms. The number of aromatic nitrogens is 2. The summed E-state index contributed by atoms with van der Waals surface area (Å²) in [6.07, 6.45) is 9.75. The number of amides is 1. The molecule has 7 atom stereocenters. The minimum Gasteiger partial charge on any atom is -0.480 e. The van der Waals surface area contributed by atoms with Crippen LogP contribution in [-0.4, -0.2) is 231 Å². The van der Waals surface area contributed by atoms with E-state index in [0.29, 0.717) is 109 Å². The quantitative estimate of drug-likeness (QED) is 0.0443. The Hall–Kier alpha value is -5.70. The van der Waals surface area contributed by atoms with Crippen molar-refractivity contribution in [3.63, 3.8) is 0 Å². The van der Waals surface area contributed by atoms with Crippen molar-refractivity contribution in [1.82, 2.24) is 44.7 Å². The second-order valence-electron chi connectivity index (χ2n) is 22.9. The van der Waals surface area contributed by atoms with Crippen molar-refractivity contribution in [3.8, 4) is 12.1 Å². The molecule has 0 radical (unpaired) electrons. The Balaban J connectivity index is 0.958. The predicted molar refractivity (Wildman–Crippen MR) is 322 cm³/mol. The first-order valence-electron chi connectivity index (χ1n) is 30.3. The van der Waals surface area contributed by atoms with Crippen LogP contribution in [0.2, 0.25) is 5.02 Å². The lowest BCUT2D eigenvalue weighted by Gasteiger charge is -2.45. The molecule has 4 aliphatic heterocycles. The van der Waals surface area contributed by atoms with E-state index in [0.717, 1.165) is 91.7 Å². The highest BCUT2D eigenvalue weighted by atomic mass is 35.5. The molecule has 83 heavy (non-hydrogen) atoms. The summed E-state index contributed by atoms with van der Waals surface area (Å²) >= 11 is 6.83. The number of nitriles is 1. The van der Waals surface area contributed by atoms with Crippen LogP contribution in [-0.2, 0) is 32.1 Å². The molecule has 3 saturated heterocycles. The molecule has 0 aliphatic carbocycles. The molecule has 5 heterocycles. The van der Waals surface area contributed by atoms with Gasteiger partial charge in [-0.05, 0) is 94.5 Å². The number of piperazine rings is 1. The van der Waals surface area contributed by atoms with Gasteiger partial charge in [0.15, 0.2) is 0 Å². The fourth-order valence-corrected chi connectivity index (χ4v) is 13.4. The van der Waals surface area contributed by atoms with Gasteiger partial charge in [0, 0.05) is 112 Å². The Labute approximate surface area is 495 Å². The molecule has 7 rings (SSSR count). The van der Waals surface area contributed by atoms with E-state index in [2.05, 4.69) is 61.8 Å². The summed E-state index contributed by atoms with van der Waals surface area (Å²) < 4.78 is 6.61. The van der Waals surface area contributed by atoms with Crippen LogP contribution >= 0.6 is 11.6 Å². The number of benzene rings is 2. The maximum absolute atomic E-state index is 13.9. The molecule has 21 nitrogen and oxygen atoms in total. The third-order valence-corrected chi connectivity index (χ3v) is 17.9. The number of nitrogens with zero attached hydrogens (tertiary/aromatic N) is 11. The van der Waals surface area contributed by atoms with E-state index in [-0.39, 0.29) is 74.8 Å². The van der Waals surface area contributed by atoms with E-state index >= 15 is 0 Å². The first-order chi connectivity index (χ1) is 40.1. The highest BCUT2D eigenvalue weighted by Gasteiger charge is 2.37. The number of unbranched alkanes of at least 4 members (excludes halogenated alkanes) is 3. The van der Waals surface area contributed by atoms with Gasteiger partial charge in [-0.25, -0.2) is 0 Å². The fraction of sp³-hybridized carbons (Fsp3) is 0.656. The van der Waals surface area contributed by atoms with E-state index in [1.165, 1.54) is 6.08 Å². The highest BCUT2D eigenvalue weighted by Crippen LogP contribution is 2.38. The molecule has 0 saturated carbocycles. The standard InChI is InChI=1S/C61H91ClN12O9/c1-6-44-33-71(39-56(77)78)46(8-3)35-73(41-58(81)82)47(9-4)34-72(40-57(79)80)45(7-2)32-70(44)38-54(75)64-26-13-11-12-14-27-67-28-17-20-49(67)42-83-61-65-52-37-68(53-22-16-19-43-18-15-21-51(62)59(43)53)29-24-50(52)60(66-61)69-30-31-74(55(76)10-5)48(36-69)23-25-63/h10,15-16,18-19,21-22,44-49,55,76H,5-9,11-14,17,20,23-24,26-42H2,1-4H3,(H,64,75)(H,77,78)(H,79,80)(H,81,82)/t44-,45-,46-,47?,48-,49-,55?/m0/s1. The zero-order valence-electron chi connectivity index (χ0n) is 49.4. The molecule has 1 amide bonds. The van der Waals surface area contributed by atoms with E-state index in [4.69, 9.17) is 26.3 Å². The molecule has 22 heteroatoms. The summed E-state index contributed by atoms with van der Waals surface area (Å²) in [6, 6.07) is 13.8. The lowest BCUT2D eigenvalue weighted by atomic mass is 10.0. The van der Waals surface area contributed by atoms with Gasteiger partial charge in [0.25, 0.3) is 0 Å². The van der Waals surface area contributed by atoms with Crippen molar-refractivity contribution < 1.29 is 44.3 Å². The normalized spacial score (nSPS) is 23.4. The molecule has 456 valence electrons. The highest BCUT2D eigenvalue weighted by molar-refractivity contribution is 6.36. The second kappa shape index (κ2) is 32.0. The molecule has 2 unspecified atom stereocenters. The number of halogens is 1. The molecular weight excluding hydrogens is 1080 g/mol. The molecule has 4 aliphatic rings. The Morgan fingerprint density at radius 3 is 1.90 bits per heavy atom. The summed E-state index contributed by atoms with van der Waals surface area (Å²) in [7, 11) is 0. The fourth-order valence-electron chi connectivity index (χ4n) is 13.1. The zero-order valence-corrected chi connectivity index (χ0v) is 50.2. The Kier molecular flexibility index (Phi) is 25.0.